The van der Waals surface area contributed by atoms with Crippen LogP contribution >= 0.6 is 0 Å². The molecule has 2 heterocycles. The predicted octanol–water partition coefficient (Wildman–Crippen LogP) is 5.86. The van der Waals surface area contributed by atoms with Crippen molar-refractivity contribution in [3.63, 3.8) is 0 Å². The number of alkyl halides is 2. The number of hydrogen-bond donors (Lipinski definition) is 9. The van der Waals surface area contributed by atoms with Crippen molar-refractivity contribution in [2.75, 3.05) is 96.0 Å². The van der Waals surface area contributed by atoms with Crippen LogP contribution in [0.3, 0.4) is 0 Å². The zero-order valence-electron chi connectivity index (χ0n) is 61.3. The number of anilines is 2. The van der Waals surface area contributed by atoms with Crippen molar-refractivity contribution in [1.29, 1.82) is 0 Å². The SMILES string of the molecule is CCCC1O[C@@H]2C[C@H]3[C@@H]4C[C@H](F)C5=CC(=O)C=C[C@]5(C)[C@@]4(F)[C@@H](O)C[C@]3(C)[C@]2(C(=O)COCNC(=O)CNC(=O)OCc2ccc(NC(=O)[C@H](CCCNC(N)=O)NC(=O)[C@@H](NC(=O)CCOCCOCCOCCOCCNC(=O)CCC(=O)N3Cc4ccccc4/C=C\c4ccccc43)C(C)C)cc2)O1. The molecule has 4 aliphatic carbocycles. The molecule has 30 heteroatoms. The second-order valence-electron chi connectivity index (χ2n) is 28.3. The lowest BCUT2D eigenvalue weighted by Gasteiger charge is -2.63. The number of halogens is 2. The molecular formula is C77H101F2N9O19. The smallest absolute Gasteiger partial charge is 0.407 e. The van der Waals surface area contributed by atoms with E-state index in [1.54, 1.807) is 37.8 Å². The Morgan fingerprint density at radius 2 is 1.41 bits per heavy atom. The number of aliphatic hydroxyl groups is 1. The summed E-state index contributed by atoms with van der Waals surface area (Å²) in [4.78, 5) is 132. The molecule has 582 valence electrons. The zero-order chi connectivity index (χ0) is 76.9. The fourth-order valence-electron chi connectivity index (χ4n) is 15.4. The fraction of sp³-hybridized carbons (Fsp3) is 0.558. The maximum atomic E-state index is 17.9. The number of allylic oxidation sites excluding steroid dienone is 4. The van der Waals surface area contributed by atoms with Gasteiger partial charge in [0.1, 0.15) is 44.7 Å². The molecule has 9 amide bonds. The molecule has 107 heavy (non-hydrogen) atoms. The minimum absolute atomic E-state index is 0.0181. The summed E-state index contributed by atoms with van der Waals surface area (Å²) >= 11 is 0. The maximum absolute atomic E-state index is 17.9. The molecule has 0 radical (unpaired) electrons. The van der Waals surface area contributed by atoms with Crippen LogP contribution in [-0.2, 0) is 89.4 Å². The number of hydrogen-bond acceptors (Lipinski definition) is 19. The normalized spacial score (nSPS) is 25.3. The number of urea groups is 1. The topological polar surface area (TPSA) is 378 Å². The summed E-state index contributed by atoms with van der Waals surface area (Å²) in [5.74, 6) is -5.98. The van der Waals surface area contributed by atoms with Crippen LogP contribution in [0.2, 0.25) is 0 Å². The van der Waals surface area contributed by atoms with Crippen LogP contribution < -0.4 is 47.9 Å². The first-order chi connectivity index (χ1) is 51.3. The first-order valence-electron chi connectivity index (χ1n) is 36.7. The number of benzene rings is 3. The Kier molecular flexibility index (Phi) is 29.4. The number of aliphatic hydroxyl groups excluding tert-OH is 1. The molecule has 0 bridgehead atoms. The quantitative estimate of drug-likeness (QED) is 0.0238. The first kappa shape index (κ1) is 82.2. The molecule has 6 aliphatic rings. The predicted molar refractivity (Wildman–Crippen MR) is 387 cm³/mol. The van der Waals surface area contributed by atoms with Crippen LogP contribution in [-0.4, -0.2) is 198 Å². The van der Waals surface area contributed by atoms with Crippen LogP contribution in [0.5, 0.6) is 0 Å². The Hall–Kier alpha value is -8.88. The van der Waals surface area contributed by atoms with Gasteiger partial charge in [0.2, 0.25) is 35.4 Å². The monoisotopic (exact) mass is 1490 g/mol. The van der Waals surface area contributed by atoms with Crippen LogP contribution in [0.4, 0.5) is 29.7 Å². The second kappa shape index (κ2) is 38.3. The van der Waals surface area contributed by atoms with Gasteiger partial charge in [0, 0.05) is 54.8 Å². The molecule has 0 aromatic heterocycles. The van der Waals surface area contributed by atoms with Gasteiger partial charge < -0.3 is 90.9 Å². The van der Waals surface area contributed by atoms with Gasteiger partial charge in [-0.3, -0.25) is 38.4 Å². The van der Waals surface area contributed by atoms with E-state index in [1.807, 2.05) is 67.6 Å². The molecule has 12 atom stereocenters. The number of fused-ring (bicyclic) bond motifs is 9. The number of nitrogens with zero attached hydrogens (tertiary/aromatic N) is 1. The molecule has 28 nitrogen and oxygen atoms in total. The number of carbonyl (C=O) groups excluding carboxylic acids is 10. The third-order valence-electron chi connectivity index (χ3n) is 20.9. The molecule has 3 aromatic carbocycles. The average Bonchev–Trinajstić information content (AvgIpc) is 1.55. The highest BCUT2D eigenvalue weighted by Gasteiger charge is 2.80. The molecule has 1 unspecified atom stereocenters. The van der Waals surface area contributed by atoms with Gasteiger partial charge in [-0.2, -0.15) is 0 Å². The first-order valence-corrected chi connectivity index (χ1v) is 36.7. The summed E-state index contributed by atoms with van der Waals surface area (Å²) in [5.41, 5.74) is 2.85. The van der Waals surface area contributed by atoms with Crippen molar-refractivity contribution in [2.45, 2.75) is 160 Å². The minimum atomic E-state index is -2.38. The largest absolute Gasteiger partial charge is 0.445 e. The van der Waals surface area contributed by atoms with Crippen LogP contribution in [0.25, 0.3) is 12.2 Å². The number of carbonyl (C=O) groups is 10. The molecule has 10 N–H and O–H groups in total. The number of ether oxygens (including phenoxy) is 8. The number of nitrogens with two attached hydrogens (primary N) is 1. The summed E-state index contributed by atoms with van der Waals surface area (Å²) in [5, 5.41) is 30.2. The van der Waals surface area contributed by atoms with Crippen molar-refractivity contribution in [1.82, 2.24) is 31.9 Å². The number of amides is 9. The van der Waals surface area contributed by atoms with Crippen molar-refractivity contribution < 1.29 is 99.7 Å². The van der Waals surface area contributed by atoms with E-state index in [4.69, 9.17) is 43.6 Å². The molecule has 0 spiro atoms. The Morgan fingerprint density at radius 3 is 2.12 bits per heavy atom. The van der Waals surface area contributed by atoms with E-state index >= 15 is 8.78 Å². The number of ketones is 2. The Balaban J connectivity index is 0.618. The van der Waals surface area contributed by atoms with Gasteiger partial charge in [-0.1, -0.05) is 107 Å². The second-order valence-corrected chi connectivity index (χ2v) is 28.3. The van der Waals surface area contributed by atoms with E-state index in [-0.39, 0.29) is 121 Å². The van der Waals surface area contributed by atoms with Gasteiger partial charge in [-0.05, 0) is 115 Å². The van der Waals surface area contributed by atoms with Gasteiger partial charge in [0.15, 0.2) is 29.1 Å². The standard InChI is InChI=1S/C77H101F2N9O19/c1-6-12-68-106-63-41-55-56-40-58(78)57-39-54(89)26-28-74(57,4)76(56,79)61(90)42-75(55,5)77(63,107-68)62(91)46-104-47-84-66(94)43-83-73(99)105-45-49-18-22-53(23-19-49)85-70(96)59(16-11-29-82-72(80)98)86-71(97)69(48(2)3)87-65(93)27-31-100-33-35-102-37-38-103-36-34-101-32-30-81-64(92)24-25-67(95)88-44-52-15-8-7-13-50(52)20-21-51-14-9-10-17-60(51)88/h7-10,13-15,17-23,26,28,39,48,55-56,58-59,61,63,68-69,90H,6,11-12,16,24-25,27,29-38,40-47H2,1-5H3,(H,81,92)(H,83,99)(H,84,94)(H,85,96)(H,86,97)(H,87,93)(H3,80,82,98)/b21-20-/t55-,56-,58-,59-,61-,63+,68?,69-,74-,75-,76-,77+/m0/s1. The molecule has 1 saturated heterocycles. The highest BCUT2D eigenvalue weighted by atomic mass is 19.1. The van der Waals surface area contributed by atoms with Gasteiger partial charge in [0.05, 0.1) is 77.3 Å². The molecule has 3 saturated carbocycles. The van der Waals surface area contributed by atoms with E-state index in [1.165, 1.54) is 31.2 Å². The highest BCUT2D eigenvalue weighted by molar-refractivity contribution is 6.02. The summed E-state index contributed by atoms with van der Waals surface area (Å²) < 4.78 is 80.1. The summed E-state index contributed by atoms with van der Waals surface area (Å²) in [6.45, 7) is 9.45. The number of rotatable bonds is 39. The van der Waals surface area contributed by atoms with Crippen LogP contribution in [0.15, 0.2) is 96.6 Å². The van der Waals surface area contributed by atoms with Gasteiger partial charge in [-0.15, -0.1) is 0 Å². The van der Waals surface area contributed by atoms with E-state index < -0.39 is 144 Å². The van der Waals surface area contributed by atoms with Gasteiger partial charge in [0.25, 0.3) is 0 Å². The van der Waals surface area contributed by atoms with Crippen LogP contribution in [0.1, 0.15) is 121 Å². The molecule has 3 aromatic rings. The third kappa shape index (κ3) is 20.3. The maximum Gasteiger partial charge on any atom is 0.407 e. The fourth-order valence-corrected chi connectivity index (χ4v) is 15.4. The van der Waals surface area contributed by atoms with Gasteiger partial charge >= 0.3 is 12.1 Å². The number of alkyl carbamates (subject to hydrolysis) is 1. The van der Waals surface area contributed by atoms with E-state index in [9.17, 15) is 53.1 Å². The highest BCUT2D eigenvalue weighted by Crippen LogP contribution is 2.72. The lowest BCUT2D eigenvalue weighted by Crippen LogP contribution is -2.71. The molecule has 2 aliphatic heterocycles. The van der Waals surface area contributed by atoms with Gasteiger partial charge in [-0.25, -0.2) is 18.4 Å². The van der Waals surface area contributed by atoms with Crippen LogP contribution in [0, 0.1) is 28.6 Å². The van der Waals surface area contributed by atoms with Crippen molar-refractivity contribution in [3.05, 3.63) is 119 Å². The number of Topliss-reactive ketones (excluding diaryl/α,β-unsaturated/α-hetero) is 1. The Labute approximate surface area is 621 Å². The molecule has 9 rings (SSSR count). The van der Waals surface area contributed by atoms with E-state index in [0.717, 1.165) is 28.5 Å². The minimum Gasteiger partial charge on any atom is -0.445 e. The molecule has 4 fully saturated rings. The van der Waals surface area contributed by atoms with E-state index in [0.29, 0.717) is 50.5 Å². The van der Waals surface area contributed by atoms with Crippen molar-refractivity contribution in [3.8, 4) is 0 Å². The summed E-state index contributed by atoms with van der Waals surface area (Å²) in [7, 11) is 0. The average molecular weight is 1490 g/mol. The lowest BCUT2D eigenvalue weighted by atomic mass is 9.44. The zero-order valence-corrected chi connectivity index (χ0v) is 61.3. The Bertz CT molecular complexity index is 3750. The number of nitrogens with one attached hydrogen (secondary N) is 7. The summed E-state index contributed by atoms with van der Waals surface area (Å²) in [6.07, 6.45) is 2.74. The third-order valence-corrected chi connectivity index (χ3v) is 20.9. The van der Waals surface area contributed by atoms with Crippen molar-refractivity contribution in [2.24, 2.45) is 34.3 Å². The van der Waals surface area contributed by atoms with Crippen molar-refractivity contribution >= 4 is 82.7 Å². The number of para-hydroxylation sites is 1. The lowest BCUT2D eigenvalue weighted by molar-refractivity contribution is -0.235. The molecular weight excluding hydrogens is 1390 g/mol. The van der Waals surface area contributed by atoms with E-state index in [2.05, 4.69) is 37.2 Å². The Morgan fingerprint density at radius 1 is 0.729 bits per heavy atom. The number of primary amides is 1. The summed E-state index contributed by atoms with van der Waals surface area (Å²) in [6, 6.07) is 18.9.